The molecule has 2 aromatic heterocycles. The minimum atomic E-state index is -0.128. The van der Waals surface area contributed by atoms with Crippen LogP contribution in [0.3, 0.4) is 0 Å². The molecule has 0 aliphatic carbocycles. The molecular formula is C33H33ClN6O. The van der Waals surface area contributed by atoms with Crippen molar-refractivity contribution in [1.82, 2.24) is 19.7 Å². The van der Waals surface area contributed by atoms with Crippen molar-refractivity contribution in [2.75, 3.05) is 24.1 Å². The Morgan fingerprint density at radius 1 is 1.02 bits per heavy atom. The second kappa shape index (κ2) is 11.4. The van der Waals surface area contributed by atoms with Crippen molar-refractivity contribution in [2.45, 2.75) is 39.3 Å². The number of nitrogens with zero attached hydrogens (tertiary/aromatic N) is 4. The molecule has 7 nitrogen and oxygen atoms in total. The van der Waals surface area contributed by atoms with Gasteiger partial charge in [-0.2, -0.15) is 5.10 Å². The molecule has 1 fully saturated rings. The number of aryl methyl sites for hydroxylation is 1. The second-order valence-corrected chi connectivity index (χ2v) is 11.2. The average Bonchev–Trinajstić information content (AvgIpc) is 3.48. The number of rotatable bonds is 6. The van der Waals surface area contributed by atoms with E-state index in [2.05, 4.69) is 31.2 Å². The molecule has 1 aliphatic rings. The summed E-state index contributed by atoms with van der Waals surface area (Å²) in [4.78, 5) is 20.4. The van der Waals surface area contributed by atoms with Gasteiger partial charge < -0.3 is 11.1 Å². The number of hydrogen-bond donors (Lipinski definition) is 2. The maximum absolute atomic E-state index is 13.4. The molecule has 0 bridgehead atoms. The fourth-order valence-electron chi connectivity index (χ4n) is 5.58. The molecule has 3 N–H and O–H groups in total. The van der Waals surface area contributed by atoms with Gasteiger partial charge in [0.25, 0.3) is 5.91 Å². The molecule has 0 unspecified atom stereocenters. The van der Waals surface area contributed by atoms with Gasteiger partial charge in [-0.15, -0.1) is 0 Å². The maximum atomic E-state index is 13.4. The Balaban J connectivity index is 1.11. The smallest absolute Gasteiger partial charge is 0.255 e. The summed E-state index contributed by atoms with van der Waals surface area (Å²) in [5.74, 6) is -0.128. The summed E-state index contributed by atoms with van der Waals surface area (Å²) in [5, 5.41) is 9.31. The Morgan fingerprint density at radius 3 is 2.56 bits per heavy atom. The van der Waals surface area contributed by atoms with Crippen molar-refractivity contribution in [3.05, 3.63) is 107 Å². The molecule has 0 spiro atoms. The van der Waals surface area contributed by atoms with Crippen LogP contribution in [0.5, 0.6) is 0 Å². The molecule has 208 valence electrons. The Bertz CT molecular complexity index is 1720. The largest absolute Gasteiger partial charge is 0.398 e. The number of benzene rings is 3. The quantitative estimate of drug-likeness (QED) is 0.231. The molecule has 3 heterocycles. The summed E-state index contributed by atoms with van der Waals surface area (Å²) in [5.41, 5.74) is 14.4. The van der Waals surface area contributed by atoms with E-state index in [9.17, 15) is 4.79 Å². The first-order valence-electron chi connectivity index (χ1n) is 13.9. The van der Waals surface area contributed by atoms with Crippen LogP contribution in [-0.4, -0.2) is 38.7 Å². The van der Waals surface area contributed by atoms with E-state index in [1.54, 1.807) is 0 Å². The number of fused-ring (bicyclic) bond motifs is 1. The number of anilines is 2. The zero-order valence-corrected chi connectivity index (χ0v) is 24.0. The minimum Gasteiger partial charge on any atom is -0.398 e. The summed E-state index contributed by atoms with van der Waals surface area (Å²) in [6, 6.07) is 21.7. The van der Waals surface area contributed by atoms with Gasteiger partial charge in [0.1, 0.15) is 0 Å². The van der Waals surface area contributed by atoms with Crippen molar-refractivity contribution in [1.29, 1.82) is 0 Å². The Morgan fingerprint density at radius 2 is 1.78 bits per heavy atom. The average molecular weight is 565 g/mol. The molecule has 0 atom stereocenters. The fourth-order valence-corrected chi connectivity index (χ4v) is 5.70. The molecule has 1 saturated heterocycles. The van der Waals surface area contributed by atoms with Gasteiger partial charge in [0.15, 0.2) is 0 Å². The summed E-state index contributed by atoms with van der Waals surface area (Å²) in [7, 11) is 0. The molecular weight excluding hydrogens is 532 g/mol. The van der Waals surface area contributed by atoms with Crippen molar-refractivity contribution < 1.29 is 4.79 Å². The summed E-state index contributed by atoms with van der Waals surface area (Å²) < 4.78 is 2.09. The van der Waals surface area contributed by atoms with Crippen LogP contribution in [0.2, 0.25) is 5.02 Å². The third-order valence-corrected chi connectivity index (χ3v) is 8.40. The fraction of sp³-hybridized carbons (Fsp3) is 0.242. The highest BCUT2D eigenvalue weighted by atomic mass is 35.5. The van der Waals surface area contributed by atoms with Crippen LogP contribution < -0.4 is 11.1 Å². The van der Waals surface area contributed by atoms with E-state index in [-0.39, 0.29) is 5.91 Å². The van der Waals surface area contributed by atoms with E-state index in [1.165, 1.54) is 0 Å². The van der Waals surface area contributed by atoms with Gasteiger partial charge >= 0.3 is 0 Å². The number of nitrogen functional groups attached to an aromatic ring is 1. The molecule has 3 aromatic carbocycles. The normalized spacial score (nSPS) is 14.4. The van der Waals surface area contributed by atoms with E-state index in [0.717, 1.165) is 76.3 Å². The first-order chi connectivity index (χ1) is 19.9. The molecule has 5 aromatic rings. The van der Waals surface area contributed by atoms with Gasteiger partial charge in [0.2, 0.25) is 0 Å². The third-order valence-electron chi connectivity index (χ3n) is 8.15. The zero-order chi connectivity index (χ0) is 28.5. The van der Waals surface area contributed by atoms with Crippen LogP contribution in [0.25, 0.3) is 22.0 Å². The predicted octanol–water partition coefficient (Wildman–Crippen LogP) is 7.04. The van der Waals surface area contributed by atoms with E-state index in [1.807, 2.05) is 86.8 Å². The van der Waals surface area contributed by atoms with Gasteiger partial charge in [0.05, 0.1) is 17.8 Å². The van der Waals surface area contributed by atoms with Crippen LogP contribution in [-0.2, 0) is 6.54 Å². The first kappa shape index (κ1) is 27.0. The van der Waals surface area contributed by atoms with E-state index >= 15 is 0 Å². The summed E-state index contributed by atoms with van der Waals surface area (Å²) in [6.45, 7) is 6.52. The van der Waals surface area contributed by atoms with E-state index in [4.69, 9.17) is 17.3 Å². The van der Waals surface area contributed by atoms with Gasteiger partial charge in [-0.25, -0.2) is 0 Å². The molecule has 1 amide bonds. The second-order valence-electron chi connectivity index (χ2n) is 10.8. The first-order valence-corrected chi connectivity index (χ1v) is 14.3. The SMILES string of the molecule is Cc1nc2ccc(NC(=O)c3ccccc3CN3CCC(n4cc(-c5ccc(Cl)cc5)cn4)CC3)cc2c(N)c1C. The standard InChI is InChI=1S/C33H33ClN6O/c1-21-22(2)37-31-12-11-27(17-30(31)32(21)35)38-33(41)29-6-4-3-5-24(29)19-39-15-13-28(14-16-39)40-20-25(18-36-40)23-7-9-26(34)10-8-23/h3-12,17-18,20,28H,13-16,19H2,1-2H3,(H2,35,37)(H,38,41). The lowest BCUT2D eigenvalue weighted by Gasteiger charge is -2.32. The van der Waals surface area contributed by atoms with Crippen molar-refractivity contribution in [2.24, 2.45) is 0 Å². The molecule has 0 saturated carbocycles. The number of likely N-dealkylation sites (tertiary alicyclic amines) is 1. The Labute approximate surface area is 245 Å². The number of pyridine rings is 1. The molecule has 8 heteroatoms. The number of amides is 1. The Kier molecular flexibility index (Phi) is 7.47. The third kappa shape index (κ3) is 5.69. The number of nitrogens with two attached hydrogens (primary N) is 1. The number of nitrogens with one attached hydrogen (secondary N) is 1. The van der Waals surface area contributed by atoms with Gasteiger partial charge in [-0.3, -0.25) is 19.4 Å². The minimum absolute atomic E-state index is 0.128. The van der Waals surface area contributed by atoms with Crippen LogP contribution in [0.15, 0.2) is 79.1 Å². The van der Waals surface area contributed by atoms with Crippen LogP contribution >= 0.6 is 11.6 Å². The number of carbonyl (C=O) groups is 1. The van der Waals surface area contributed by atoms with E-state index < -0.39 is 0 Å². The number of carbonyl (C=O) groups excluding carboxylic acids is 1. The maximum Gasteiger partial charge on any atom is 0.255 e. The molecule has 6 rings (SSSR count). The lowest BCUT2D eigenvalue weighted by atomic mass is 10.0. The van der Waals surface area contributed by atoms with Crippen molar-refractivity contribution in [3.8, 4) is 11.1 Å². The zero-order valence-electron chi connectivity index (χ0n) is 23.3. The molecule has 1 aliphatic heterocycles. The number of piperidine rings is 1. The molecule has 0 radical (unpaired) electrons. The van der Waals surface area contributed by atoms with E-state index in [0.29, 0.717) is 23.0 Å². The van der Waals surface area contributed by atoms with Crippen LogP contribution in [0, 0.1) is 13.8 Å². The summed E-state index contributed by atoms with van der Waals surface area (Å²) >= 11 is 6.04. The predicted molar refractivity (Wildman–Crippen MR) is 166 cm³/mol. The van der Waals surface area contributed by atoms with Crippen LogP contribution in [0.1, 0.15) is 46.1 Å². The number of aromatic nitrogens is 3. The highest BCUT2D eigenvalue weighted by Crippen LogP contribution is 2.29. The monoisotopic (exact) mass is 564 g/mol. The number of halogens is 1. The van der Waals surface area contributed by atoms with Crippen molar-refractivity contribution >= 4 is 39.8 Å². The number of hydrogen-bond acceptors (Lipinski definition) is 5. The summed E-state index contributed by atoms with van der Waals surface area (Å²) in [6.07, 6.45) is 6.05. The van der Waals surface area contributed by atoms with Gasteiger partial charge in [0, 0.05) is 64.4 Å². The lowest BCUT2D eigenvalue weighted by molar-refractivity contribution is 0.102. The van der Waals surface area contributed by atoms with Crippen molar-refractivity contribution in [3.63, 3.8) is 0 Å². The highest BCUT2D eigenvalue weighted by molar-refractivity contribution is 6.30. The van der Waals surface area contributed by atoms with Crippen LogP contribution in [0.4, 0.5) is 11.4 Å². The van der Waals surface area contributed by atoms with Gasteiger partial charge in [-0.05, 0) is 79.8 Å². The Hall–Kier alpha value is -4.20. The topological polar surface area (TPSA) is 89.1 Å². The van der Waals surface area contributed by atoms with Gasteiger partial charge in [-0.1, -0.05) is 41.9 Å². The highest BCUT2D eigenvalue weighted by Gasteiger charge is 2.23. The lowest BCUT2D eigenvalue weighted by Crippen LogP contribution is -2.34. The molecule has 41 heavy (non-hydrogen) atoms.